The van der Waals surface area contributed by atoms with E-state index in [1.807, 2.05) is 31.2 Å². The largest absolute Gasteiger partial charge is 0.496 e. The molecule has 0 saturated heterocycles. The van der Waals surface area contributed by atoms with Gasteiger partial charge in [0.1, 0.15) is 5.75 Å². The number of nitrogens with two attached hydrogens (primary N) is 1. The molecule has 0 radical (unpaired) electrons. The number of benzene rings is 1. The number of rotatable bonds is 3. The summed E-state index contributed by atoms with van der Waals surface area (Å²) in [7, 11) is 1.65. The van der Waals surface area contributed by atoms with Gasteiger partial charge in [0.05, 0.1) is 22.0 Å². The highest BCUT2D eigenvalue weighted by Gasteiger charge is 2.17. The molecule has 1 aromatic carbocycles. The van der Waals surface area contributed by atoms with Gasteiger partial charge in [0.2, 0.25) is 0 Å². The van der Waals surface area contributed by atoms with Gasteiger partial charge in [0.15, 0.2) is 0 Å². The van der Waals surface area contributed by atoms with E-state index < -0.39 is 0 Å². The fraction of sp³-hybridized carbons (Fsp3) is 0.231. The fourth-order valence-corrected chi connectivity index (χ4v) is 3.53. The maximum absolute atomic E-state index is 6.29. The van der Waals surface area contributed by atoms with Crippen LogP contribution < -0.4 is 10.5 Å². The van der Waals surface area contributed by atoms with Gasteiger partial charge in [-0.15, -0.1) is 11.3 Å². The van der Waals surface area contributed by atoms with Crippen molar-refractivity contribution in [3.63, 3.8) is 0 Å². The lowest BCUT2D eigenvalue weighted by atomic mass is 10.0. The summed E-state index contributed by atoms with van der Waals surface area (Å²) in [6.45, 7) is 2.03. The number of hydrogen-bond donors (Lipinski definition) is 1. The minimum Gasteiger partial charge on any atom is -0.496 e. The molecule has 18 heavy (non-hydrogen) atoms. The Labute approximate surface area is 124 Å². The molecule has 0 aliphatic heterocycles. The van der Waals surface area contributed by atoms with E-state index in [1.54, 1.807) is 18.4 Å². The highest BCUT2D eigenvalue weighted by atomic mass is 79.9. The average molecular weight is 347 g/mol. The first-order valence-electron chi connectivity index (χ1n) is 5.37. The maximum atomic E-state index is 6.29. The molecule has 1 aromatic heterocycles. The summed E-state index contributed by atoms with van der Waals surface area (Å²) in [4.78, 5) is 1.01. The Bertz CT molecular complexity index is 551. The Morgan fingerprint density at radius 2 is 2.11 bits per heavy atom. The van der Waals surface area contributed by atoms with Crippen LogP contribution in [0.2, 0.25) is 5.02 Å². The Morgan fingerprint density at radius 1 is 1.39 bits per heavy atom. The van der Waals surface area contributed by atoms with Crippen molar-refractivity contribution in [2.24, 2.45) is 5.73 Å². The van der Waals surface area contributed by atoms with Crippen LogP contribution in [0.5, 0.6) is 5.75 Å². The maximum Gasteiger partial charge on any atom is 0.124 e. The first-order chi connectivity index (χ1) is 8.52. The van der Waals surface area contributed by atoms with E-state index >= 15 is 0 Å². The van der Waals surface area contributed by atoms with E-state index in [4.69, 9.17) is 22.1 Å². The van der Waals surface area contributed by atoms with E-state index in [-0.39, 0.29) is 6.04 Å². The van der Waals surface area contributed by atoms with Crippen molar-refractivity contribution >= 4 is 38.9 Å². The van der Waals surface area contributed by atoms with Crippen LogP contribution in [0.25, 0.3) is 0 Å². The molecule has 0 aliphatic carbocycles. The van der Waals surface area contributed by atoms with E-state index in [0.29, 0.717) is 5.02 Å². The number of hydrogen-bond acceptors (Lipinski definition) is 3. The number of thiophene rings is 1. The smallest absolute Gasteiger partial charge is 0.124 e. The fourth-order valence-electron chi connectivity index (χ4n) is 1.77. The van der Waals surface area contributed by atoms with Gasteiger partial charge < -0.3 is 10.5 Å². The summed E-state index contributed by atoms with van der Waals surface area (Å²) in [5.41, 5.74) is 8.43. The van der Waals surface area contributed by atoms with Gasteiger partial charge in [0, 0.05) is 10.4 Å². The lowest BCUT2D eigenvalue weighted by Crippen LogP contribution is -2.11. The van der Waals surface area contributed by atoms with E-state index in [0.717, 1.165) is 25.5 Å². The van der Waals surface area contributed by atoms with E-state index in [2.05, 4.69) is 15.9 Å². The molecule has 2 N–H and O–H groups in total. The molecule has 2 rings (SSSR count). The van der Waals surface area contributed by atoms with Crippen LogP contribution in [-0.4, -0.2) is 7.11 Å². The van der Waals surface area contributed by atoms with Gasteiger partial charge in [0.25, 0.3) is 0 Å². The molecule has 2 nitrogen and oxygen atoms in total. The van der Waals surface area contributed by atoms with Crippen LogP contribution in [0.3, 0.4) is 0 Å². The molecule has 96 valence electrons. The predicted molar refractivity (Wildman–Crippen MR) is 80.8 cm³/mol. The minimum absolute atomic E-state index is 0.228. The molecule has 0 saturated carbocycles. The van der Waals surface area contributed by atoms with Crippen LogP contribution in [-0.2, 0) is 0 Å². The number of methoxy groups -OCH3 is 1. The number of halogens is 2. The molecule has 1 unspecified atom stereocenters. The predicted octanol–water partition coefficient (Wildman–Crippen LogP) is 4.53. The summed E-state index contributed by atoms with van der Waals surface area (Å²) in [5, 5.41) is 0.692. The quantitative estimate of drug-likeness (QED) is 0.886. The molecule has 0 bridgehead atoms. The highest BCUT2D eigenvalue weighted by Crippen LogP contribution is 2.38. The molecule has 0 spiro atoms. The molecular weight excluding hydrogens is 334 g/mol. The molecule has 2 aromatic rings. The van der Waals surface area contributed by atoms with Crippen molar-refractivity contribution < 1.29 is 4.74 Å². The molecule has 0 amide bonds. The monoisotopic (exact) mass is 345 g/mol. The third-order valence-corrected chi connectivity index (χ3v) is 5.25. The molecule has 0 aliphatic rings. The SMILES string of the molecule is COc1ccc(C)cc1C(N)c1cc(Cl)c(Br)s1. The third kappa shape index (κ3) is 2.72. The van der Waals surface area contributed by atoms with Gasteiger partial charge >= 0.3 is 0 Å². The van der Waals surface area contributed by atoms with Crippen molar-refractivity contribution in [1.29, 1.82) is 0 Å². The highest BCUT2D eigenvalue weighted by molar-refractivity contribution is 9.11. The Hall–Kier alpha value is -0.550. The van der Waals surface area contributed by atoms with E-state index in [1.165, 1.54) is 0 Å². The van der Waals surface area contributed by atoms with Crippen molar-refractivity contribution in [3.05, 3.63) is 49.1 Å². The topological polar surface area (TPSA) is 35.2 Å². The zero-order valence-electron chi connectivity index (χ0n) is 10.0. The van der Waals surface area contributed by atoms with Gasteiger partial charge in [-0.3, -0.25) is 0 Å². The molecule has 1 heterocycles. The summed E-state index contributed by atoms with van der Waals surface area (Å²) >= 11 is 11.0. The third-order valence-electron chi connectivity index (χ3n) is 2.69. The van der Waals surface area contributed by atoms with Gasteiger partial charge in [-0.2, -0.15) is 0 Å². The van der Waals surface area contributed by atoms with Crippen molar-refractivity contribution in [1.82, 2.24) is 0 Å². The summed E-state index contributed by atoms with van der Waals surface area (Å²) < 4.78 is 6.26. The minimum atomic E-state index is -0.228. The van der Waals surface area contributed by atoms with Gasteiger partial charge in [-0.25, -0.2) is 0 Å². The normalized spacial score (nSPS) is 12.5. The number of ether oxygens (including phenoxy) is 1. The van der Waals surface area contributed by atoms with Crippen LogP contribution >= 0.6 is 38.9 Å². The van der Waals surface area contributed by atoms with Gasteiger partial charge in [-0.1, -0.05) is 29.3 Å². The molecular formula is C13H13BrClNOS. The summed E-state index contributed by atoms with van der Waals surface area (Å²) in [6.07, 6.45) is 0. The van der Waals surface area contributed by atoms with Crippen LogP contribution in [0.15, 0.2) is 28.1 Å². The van der Waals surface area contributed by atoms with Crippen LogP contribution in [0.1, 0.15) is 22.0 Å². The number of aryl methyl sites for hydroxylation is 1. The zero-order valence-corrected chi connectivity index (χ0v) is 13.2. The average Bonchev–Trinajstić information content (AvgIpc) is 2.68. The second-order valence-electron chi connectivity index (χ2n) is 3.99. The Kier molecular flexibility index (Phi) is 4.33. The molecule has 5 heteroatoms. The van der Waals surface area contributed by atoms with Crippen molar-refractivity contribution in [3.8, 4) is 5.75 Å². The molecule has 1 atom stereocenters. The second-order valence-corrected chi connectivity index (χ2v) is 6.80. The van der Waals surface area contributed by atoms with E-state index in [9.17, 15) is 0 Å². The first-order valence-corrected chi connectivity index (χ1v) is 7.36. The molecule has 0 fully saturated rings. The Morgan fingerprint density at radius 3 is 2.67 bits per heavy atom. The van der Waals surface area contributed by atoms with Crippen molar-refractivity contribution in [2.45, 2.75) is 13.0 Å². The lowest BCUT2D eigenvalue weighted by molar-refractivity contribution is 0.408. The van der Waals surface area contributed by atoms with Crippen LogP contribution in [0, 0.1) is 6.92 Å². The summed E-state index contributed by atoms with van der Waals surface area (Å²) in [5.74, 6) is 0.800. The standard InChI is InChI=1S/C13H13BrClNOS/c1-7-3-4-10(17-2)8(5-7)12(16)11-6-9(15)13(14)18-11/h3-6,12H,16H2,1-2H3. The summed E-state index contributed by atoms with van der Waals surface area (Å²) in [6, 6.07) is 7.66. The second kappa shape index (κ2) is 5.61. The lowest BCUT2D eigenvalue weighted by Gasteiger charge is -2.15. The van der Waals surface area contributed by atoms with Crippen molar-refractivity contribution in [2.75, 3.05) is 7.11 Å². The zero-order chi connectivity index (χ0) is 13.3. The van der Waals surface area contributed by atoms with Crippen LogP contribution in [0.4, 0.5) is 0 Å². The Balaban J connectivity index is 2.44. The first kappa shape index (κ1) is 13.9. The van der Waals surface area contributed by atoms with Gasteiger partial charge in [-0.05, 0) is 35.0 Å².